The molecule has 2 aromatic carbocycles. The molecule has 1 N–H and O–H groups in total. The SMILES string of the molecule is Cc1ccc(CC(=O)NOCc2ccccc2)cc1. The first kappa shape index (κ1) is 13.3. The van der Waals surface area contributed by atoms with Crippen molar-refractivity contribution in [3.8, 4) is 0 Å². The fraction of sp³-hybridized carbons (Fsp3) is 0.188. The van der Waals surface area contributed by atoms with Crippen LogP contribution >= 0.6 is 0 Å². The van der Waals surface area contributed by atoms with Gasteiger partial charge in [0.15, 0.2) is 0 Å². The highest BCUT2D eigenvalue weighted by Gasteiger charge is 2.03. The van der Waals surface area contributed by atoms with Gasteiger partial charge in [0.2, 0.25) is 5.91 Å². The minimum Gasteiger partial charge on any atom is -0.272 e. The Morgan fingerprint density at radius 2 is 1.68 bits per heavy atom. The summed E-state index contributed by atoms with van der Waals surface area (Å²) >= 11 is 0. The second-order valence-corrected chi connectivity index (χ2v) is 4.46. The van der Waals surface area contributed by atoms with Gasteiger partial charge in [0.25, 0.3) is 0 Å². The second-order valence-electron chi connectivity index (χ2n) is 4.46. The van der Waals surface area contributed by atoms with Gasteiger partial charge < -0.3 is 0 Å². The Kier molecular flexibility index (Phi) is 4.70. The maximum atomic E-state index is 11.7. The molecular formula is C16H17NO2. The molecule has 0 aliphatic rings. The van der Waals surface area contributed by atoms with Gasteiger partial charge in [0.05, 0.1) is 13.0 Å². The molecule has 2 aromatic rings. The third-order valence-electron chi connectivity index (χ3n) is 2.75. The average molecular weight is 255 g/mol. The second kappa shape index (κ2) is 6.71. The van der Waals surface area contributed by atoms with Crippen LogP contribution in [-0.2, 0) is 22.7 Å². The summed E-state index contributed by atoms with van der Waals surface area (Å²) in [6.07, 6.45) is 0.328. The molecule has 98 valence electrons. The topological polar surface area (TPSA) is 38.3 Å². The minimum atomic E-state index is -0.139. The number of hydrogen-bond donors (Lipinski definition) is 1. The summed E-state index contributed by atoms with van der Waals surface area (Å²) in [7, 11) is 0. The maximum absolute atomic E-state index is 11.7. The molecule has 0 fully saturated rings. The normalized spacial score (nSPS) is 10.2. The fourth-order valence-corrected chi connectivity index (χ4v) is 1.70. The van der Waals surface area contributed by atoms with Gasteiger partial charge in [-0.3, -0.25) is 9.63 Å². The van der Waals surface area contributed by atoms with Crippen LogP contribution in [0.15, 0.2) is 54.6 Å². The van der Waals surface area contributed by atoms with E-state index in [0.29, 0.717) is 13.0 Å². The molecule has 2 rings (SSSR count). The molecule has 0 saturated heterocycles. The van der Waals surface area contributed by atoms with Gasteiger partial charge in [0, 0.05) is 0 Å². The molecule has 0 aliphatic carbocycles. The third-order valence-corrected chi connectivity index (χ3v) is 2.75. The van der Waals surface area contributed by atoms with Crippen molar-refractivity contribution in [3.63, 3.8) is 0 Å². The van der Waals surface area contributed by atoms with E-state index in [1.165, 1.54) is 5.56 Å². The van der Waals surface area contributed by atoms with Gasteiger partial charge >= 0.3 is 0 Å². The van der Waals surface area contributed by atoms with Crippen molar-refractivity contribution in [3.05, 3.63) is 71.3 Å². The zero-order chi connectivity index (χ0) is 13.5. The minimum absolute atomic E-state index is 0.139. The molecule has 1 amide bonds. The molecule has 0 bridgehead atoms. The number of aryl methyl sites for hydroxylation is 1. The maximum Gasteiger partial charge on any atom is 0.247 e. The predicted octanol–water partition coefficient (Wildman–Crippen LogP) is 2.79. The molecule has 3 nitrogen and oxygen atoms in total. The number of hydroxylamine groups is 1. The van der Waals surface area contributed by atoms with Gasteiger partial charge in [-0.25, -0.2) is 5.48 Å². The lowest BCUT2D eigenvalue weighted by Crippen LogP contribution is -2.25. The lowest BCUT2D eigenvalue weighted by Gasteiger charge is -2.06. The number of hydrogen-bond acceptors (Lipinski definition) is 2. The van der Waals surface area contributed by atoms with E-state index < -0.39 is 0 Å². The molecule has 0 heterocycles. The molecule has 0 aliphatic heterocycles. The van der Waals surface area contributed by atoms with E-state index in [0.717, 1.165) is 11.1 Å². The van der Waals surface area contributed by atoms with Crippen molar-refractivity contribution in [2.24, 2.45) is 0 Å². The van der Waals surface area contributed by atoms with Crippen molar-refractivity contribution >= 4 is 5.91 Å². The Hall–Kier alpha value is -2.13. The van der Waals surface area contributed by atoms with Gasteiger partial charge in [0.1, 0.15) is 0 Å². The van der Waals surface area contributed by atoms with Crippen molar-refractivity contribution in [1.82, 2.24) is 5.48 Å². The predicted molar refractivity (Wildman–Crippen MR) is 74.3 cm³/mol. The van der Waals surface area contributed by atoms with Crippen LogP contribution in [0.2, 0.25) is 0 Å². The number of nitrogens with one attached hydrogen (secondary N) is 1. The highest BCUT2D eigenvalue weighted by atomic mass is 16.6. The monoisotopic (exact) mass is 255 g/mol. The van der Waals surface area contributed by atoms with Crippen LogP contribution in [0, 0.1) is 6.92 Å². The Bertz CT molecular complexity index is 520. The lowest BCUT2D eigenvalue weighted by molar-refractivity contribution is -0.133. The van der Waals surface area contributed by atoms with Crippen molar-refractivity contribution in [1.29, 1.82) is 0 Å². The lowest BCUT2D eigenvalue weighted by atomic mass is 10.1. The summed E-state index contributed by atoms with van der Waals surface area (Å²) in [4.78, 5) is 16.8. The average Bonchev–Trinajstić information content (AvgIpc) is 2.43. The zero-order valence-electron chi connectivity index (χ0n) is 10.9. The van der Waals surface area contributed by atoms with Crippen LogP contribution in [0.4, 0.5) is 0 Å². The Morgan fingerprint density at radius 3 is 2.37 bits per heavy atom. The van der Waals surface area contributed by atoms with Crippen LogP contribution in [0.25, 0.3) is 0 Å². The Labute approximate surface area is 113 Å². The Balaban J connectivity index is 1.74. The van der Waals surface area contributed by atoms with E-state index in [9.17, 15) is 4.79 Å². The van der Waals surface area contributed by atoms with Crippen LogP contribution in [0.5, 0.6) is 0 Å². The first-order valence-corrected chi connectivity index (χ1v) is 6.24. The summed E-state index contributed by atoms with van der Waals surface area (Å²) in [5.74, 6) is -0.139. The number of amides is 1. The van der Waals surface area contributed by atoms with Gasteiger partial charge in [-0.1, -0.05) is 60.2 Å². The van der Waals surface area contributed by atoms with Gasteiger partial charge in [-0.05, 0) is 18.1 Å². The third kappa shape index (κ3) is 4.56. The summed E-state index contributed by atoms with van der Waals surface area (Å²) in [5.41, 5.74) is 5.64. The van der Waals surface area contributed by atoms with Crippen LogP contribution in [0.1, 0.15) is 16.7 Å². The van der Waals surface area contributed by atoms with Crippen molar-refractivity contribution < 1.29 is 9.63 Å². The van der Waals surface area contributed by atoms with Crippen LogP contribution in [-0.4, -0.2) is 5.91 Å². The van der Waals surface area contributed by atoms with E-state index in [2.05, 4.69) is 5.48 Å². The molecule has 0 radical (unpaired) electrons. The largest absolute Gasteiger partial charge is 0.272 e. The molecular weight excluding hydrogens is 238 g/mol. The number of carbonyl (C=O) groups is 1. The molecule has 0 spiro atoms. The quantitative estimate of drug-likeness (QED) is 0.834. The van der Waals surface area contributed by atoms with Crippen molar-refractivity contribution in [2.75, 3.05) is 0 Å². The highest BCUT2D eigenvalue weighted by molar-refractivity contribution is 5.77. The highest BCUT2D eigenvalue weighted by Crippen LogP contribution is 2.04. The smallest absolute Gasteiger partial charge is 0.247 e. The molecule has 0 atom stereocenters. The number of carbonyl (C=O) groups excluding carboxylic acids is 1. The van der Waals surface area contributed by atoms with E-state index in [4.69, 9.17) is 4.84 Å². The van der Waals surface area contributed by atoms with Gasteiger partial charge in [-0.2, -0.15) is 0 Å². The summed E-state index contributed by atoms with van der Waals surface area (Å²) in [6.45, 7) is 2.40. The van der Waals surface area contributed by atoms with Crippen LogP contribution in [0.3, 0.4) is 0 Å². The van der Waals surface area contributed by atoms with Crippen LogP contribution < -0.4 is 5.48 Å². The molecule has 0 saturated carbocycles. The summed E-state index contributed by atoms with van der Waals surface area (Å²) in [6, 6.07) is 17.6. The molecule has 0 unspecified atom stereocenters. The van der Waals surface area contributed by atoms with Gasteiger partial charge in [-0.15, -0.1) is 0 Å². The molecule has 19 heavy (non-hydrogen) atoms. The fourth-order valence-electron chi connectivity index (χ4n) is 1.70. The van der Waals surface area contributed by atoms with E-state index >= 15 is 0 Å². The van der Waals surface area contributed by atoms with E-state index in [-0.39, 0.29) is 5.91 Å². The number of rotatable bonds is 5. The first-order chi connectivity index (χ1) is 9.24. The number of benzene rings is 2. The Morgan fingerprint density at radius 1 is 1.00 bits per heavy atom. The first-order valence-electron chi connectivity index (χ1n) is 6.24. The summed E-state index contributed by atoms with van der Waals surface area (Å²) in [5, 5.41) is 0. The standard InChI is InChI=1S/C16H17NO2/c1-13-7-9-14(10-8-13)11-16(18)17-19-12-15-5-3-2-4-6-15/h2-10H,11-12H2,1H3,(H,17,18). The van der Waals surface area contributed by atoms with E-state index in [1.54, 1.807) is 0 Å². The summed E-state index contributed by atoms with van der Waals surface area (Å²) < 4.78 is 0. The molecule has 3 heteroatoms. The molecule has 0 aromatic heterocycles. The van der Waals surface area contributed by atoms with E-state index in [1.807, 2.05) is 61.5 Å². The van der Waals surface area contributed by atoms with Crippen molar-refractivity contribution in [2.45, 2.75) is 20.0 Å². The zero-order valence-corrected chi connectivity index (χ0v) is 10.9.